The lowest BCUT2D eigenvalue weighted by Crippen LogP contribution is -2.37. The van der Waals surface area contributed by atoms with Gasteiger partial charge in [-0.05, 0) is 84.0 Å². The van der Waals surface area contributed by atoms with Crippen LogP contribution >= 0.6 is 23.2 Å². The molecule has 0 spiro atoms. The number of amides is 1. The van der Waals surface area contributed by atoms with E-state index in [-0.39, 0.29) is 6.41 Å². The third kappa shape index (κ3) is 8.27. The van der Waals surface area contributed by atoms with Crippen LogP contribution in [0.1, 0.15) is 43.5 Å². The molecule has 6 rings (SSSR count). The van der Waals surface area contributed by atoms with E-state index in [1.165, 1.54) is 39.2 Å². The number of aromatic nitrogens is 2. The van der Waals surface area contributed by atoms with Gasteiger partial charge in [-0.1, -0.05) is 84.9 Å². The predicted octanol–water partition coefficient (Wildman–Crippen LogP) is 8.22. The van der Waals surface area contributed by atoms with Crippen LogP contribution in [-0.4, -0.2) is 41.4 Å². The molecular formula is C37H36Cl2N4O4S2. The Labute approximate surface area is 299 Å². The van der Waals surface area contributed by atoms with Gasteiger partial charge in [-0.3, -0.25) is 13.3 Å². The van der Waals surface area contributed by atoms with Crippen molar-refractivity contribution in [1.82, 2.24) is 14.3 Å². The Hall–Kier alpha value is -3.96. The van der Waals surface area contributed by atoms with Crippen molar-refractivity contribution in [3.63, 3.8) is 0 Å². The Morgan fingerprint density at radius 1 is 0.939 bits per heavy atom. The second-order valence-electron chi connectivity index (χ2n) is 12.2. The first kappa shape index (κ1) is 34.9. The van der Waals surface area contributed by atoms with E-state index >= 15 is 0 Å². The minimum atomic E-state index is -4.07. The van der Waals surface area contributed by atoms with Crippen LogP contribution < -0.4 is 9.03 Å². The Bertz CT molecular complexity index is 2100. The van der Waals surface area contributed by atoms with Gasteiger partial charge in [-0.25, -0.2) is 9.71 Å². The molecule has 4 aromatic carbocycles. The fourth-order valence-electron chi connectivity index (χ4n) is 6.19. The van der Waals surface area contributed by atoms with Gasteiger partial charge in [0.15, 0.2) is 0 Å². The zero-order valence-electron chi connectivity index (χ0n) is 26.9. The number of hydrogen-bond donors (Lipinski definition) is 1. The number of nitrogens with zero attached hydrogens (tertiary/aromatic N) is 3. The average molecular weight is 736 g/mol. The van der Waals surface area contributed by atoms with Gasteiger partial charge < -0.3 is 4.57 Å². The maximum atomic E-state index is 13.2. The maximum absolute atomic E-state index is 13.2. The molecule has 1 fully saturated rings. The fourth-order valence-corrected chi connectivity index (χ4v) is 8.81. The molecule has 1 unspecified atom stereocenters. The molecule has 8 nitrogen and oxygen atoms in total. The predicted molar refractivity (Wildman–Crippen MR) is 198 cm³/mol. The van der Waals surface area contributed by atoms with Crippen LogP contribution in [0, 0.1) is 5.92 Å². The van der Waals surface area contributed by atoms with Crippen molar-refractivity contribution in [2.75, 3.05) is 17.1 Å². The summed E-state index contributed by atoms with van der Waals surface area (Å²) < 4.78 is 43.0. The normalized spacial score (nSPS) is 14.3. The van der Waals surface area contributed by atoms with Gasteiger partial charge in [-0.2, -0.15) is 8.42 Å². The summed E-state index contributed by atoms with van der Waals surface area (Å²) >= 11 is 12.7. The van der Waals surface area contributed by atoms with E-state index in [2.05, 4.69) is 24.3 Å². The van der Waals surface area contributed by atoms with E-state index in [0.717, 1.165) is 31.6 Å². The molecule has 0 bridgehead atoms. The highest BCUT2D eigenvalue weighted by Crippen LogP contribution is 2.33. The van der Waals surface area contributed by atoms with Gasteiger partial charge in [0, 0.05) is 46.6 Å². The minimum Gasteiger partial charge on any atom is -0.303 e. The van der Waals surface area contributed by atoms with Crippen LogP contribution in [0.25, 0.3) is 28.1 Å². The van der Waals surface area contributed by atoms with Gasteiger partial charge in [0.25, 0.3) is 0 Å². The molecule has 1 atom stereocenters. The summed E-state index contributed by atoms with van der Waals surface area (Å²) in [5.74, 6) is 1.96. The SMILES string of the molecule is CN(c1cccc(-n2cc(-c3ccc(Cl)cc3Cl)nc2Cc2ccc(-c3cccc(S(=O)CC4CCCCC4)c3)cc2)c1)S(=O)(=O)NC=O. The third-order valence-corrected chi connectivity index (χ3v) is 12.3. The Kier molecular flexibility index (Phi) is 10.9. The number of imidazole rings is 1. The lowest BCUT2D eigenvalue weighted by molar-refractivity contribution is -0.108. The van der Waals surface area contributed by atoms with E-state index < -0.39 is 21.0 Å². The van der Waals surface area contributed by atoms with Crippen LogP contribution in [0.2, 0.25) is 10.0 Å². The van der Waals surface area contributed by atoms with Gasteiger partial charge in [-0.15, -0.1) is 0 Å². The summed E-state index contributed by atoms with van der Waals surface area (Å²) in [6.07, 6.45) is 8.54. The van der Waals surface area contributed by atoms with E-state index in [1.54, 1.807) is 30.3 Å². The number of halogens is 2. The van der Waals surface area contributed by atoms with Crippen molar-refractivity contribution < 1.29 is 17.4 Å². The summed E-state index contributed by atoms with van der Waals surface area (Å²) in [5, 5.41) is 0.963. The number of carbonyl (C=O) groups is 1. The van der Waals surface area contributed by atoms with Crippen molar-refractivity contribution in [3.8, 4) is 28.1 Å². The standard InChI is InChI=1S/C37H36Cl2N4O4S2/c1-42(49(46,47)40-25-44)31-10-6-11-32(22-31)43-23-36(34-18-17-30(38)21-35(34)39)41-37(43)19-26-13-15-28(16-14-26)29-9-5-12-33(20-29)48(45)24-27-7-3-2-4-8-27/h5-6,9-18,20-23,25,27H,2-4,7-8,19,24H2,1H3,(H,40,44). The van der Waals surface area contributed by atoms with Crippen LogP contribution in [-0.2, 0) is 32.2 Å². The van der Waals surface area contributed by atoms with Crippen molar-refractivity contribution >= 4 is 56.3 Å². The molecule has 49 heavy (non-hydrogen) atoms. The lowest BCUT2D eigenvalue weighted by Gasteiger charge is -2.21. The van der Waals surface area contributed by atoms with Crippen molar-refractivity contribution in [3.05, 3.63) is 119 Å². The second-order valence-corrected chi connectivity index (χ2v) is 16.3. The summed E-state index contributed by atoms with van der Waals surface area (Å²) in [6, 6.07) is 28.4. The van der Waals surface area contributed by atoms with Crippen molar-refractivity contribution in [1.29, 1.82) is 0 Å². The molecule has 1 aliphatic rings. The molecule has 5 aromatic rings. The number of rotatable bonds is 12. The third-order valence-electron chi connectivity index (χ3n) is 8.87. The minimum absolute atomic E-state index is 0.132. The van der Waals surface area contributed by atoms with Gasteiger partial charge in [0.2, 0.25) is 6.41 Å². The quantitative estimate of drug-likeness (QED) is 0.130. The van der Waals surface area contributed by atoms with Gasteiger partial charge in [0.05, 0.1) is 27.2 Å². The Morgan fingerprint density at radius 2 is 1.69 bits per heavy atom. The number of nitrogens with one attached hydrogen (secondary N) is 1. The second kappa shape index (κ2) is 15.3. The lowest BCUT2D eigenvalue weighted by atomic mass is 9.91. The van der Waals surface area contributed by atoms with Crippen LogP contribution in [0.3, 0.4) is 0 Å². The van der Waals surface area contributed by atoms with E-state index in [9.17, 15) is 17.4 Å². The van der Waals surface area contributed by atoms with Gasteiger partial charge >= 0.3 is 10.2 Å². The van der Waals surface area contributed by atoms with E-state index in [1.807, 2.05) is 51.9 Å². The molecule has 1 N–H and O–H groups in total. The maximum Gasteiger partial charge on any atom is 0.325 e. The van der Waals surface area contributed by atoms with Crippen LogP contribution in [0.15, 0.2) is 102 Å². The molecule has 0 radical (unpaired) electrons. The van der Waals surface area contributed by atoms with Crippen LogP contribution in [0.4, 0.5) is 5.69 Å². The number of anilines is 1. The average Bonchev–Trinajstić information content (AvgIpc) is 3.52. The molecule has 0 aliphatic heterocycles. The van der Waals surface area contributed by atoms with E-state index in [4.69, 9.17) is 28.2 Å². The topological polar surface area (TPSA) is 101 Å². The first-order chi connectivity index (χ1) is 23.6. The van der Waals surface area contributed by atoms with Crippen LogP contribution in [0.5, 0.6) is 0 Å². The highest BCUT2D eigenvalue weighted by atomic mass is 35.5. The number of carbonyl (C=O) groups excluding carboxylic acids is 1. The zero-order chi connectivity index (χ0) is 34.5. The molecule has 1 aliphatic carbocycles. The number of hydrogen-bond acceptors (Lipinski definition) is 5. The highest BCUT2D eigenvalue weighted by Gasteiger charge is 2.20. The zero-order valence-corrected chi connectivity index (χ0v) is 30.0. The molecule has 1 aromatic heterocycles. The Morgan fingerprint density at radius 3 is 2.43 bits per heavy atom. The monoisotopic (exact) mass is 734 g/mol. The summed E-state index contributed by atoms with van der Waals surface area (Å²) in [5.41, 5.74) is 5.39. The first-order valence-electron chi connectivity index (χ1n) is 16.0. The molecule has 1 heterocycles. The highest BCUT2D eigenvalue weighted by molar-refractivity contribution is 7.91. The fraction of sp³-hybridized carbons (Fsp3) is 0.243. The van der Waals surface area contributed by atoms with Crippen molar-refractivity contribution in [2.24, 2.45) is 5.92 Å². The van der Waals surface area contributed by atoms with Crippen molar-refractivity contribution in [2.45, 2.75) is 43.4 Å². The molecule has 1 amide bonds. The smallest absolute Gasteiger partial charge is 0.303 e. The first-order valence-corrected chi connectivity index (χ1v) is 19.5. The molecule has 0 saturated heterocycles. The molecule has 254 valence electrons. The summed E-state index contributed by atoms with van der Waals surface area (Å²) in [4.78, 5) is 16.7. The molecule has 1 saturated carbocycles. The summed E-state index contributed by atoms with van der Waals surface area (Å²) in [7, 11) is -3.73. The summed E-state index contributed by atoms with van der Waals surface area (Å²) in [6.45, 7) is 0. The Balaban J connectivity index is 1.29. The molecular weight excluding hydrogens is 699 g/mol. The van der Waals surface area contributed by atoms with Gasteiger partial charge in [0.1, 0.15) is 5.82 Å². The molecule has 12 heteroatoms. The largest absolute Gasteiger partial charge is 0.325 e. The van der Waals surface area contributed by atoms with E-state index in [0.29, 0.717) is 50.8 Å². The number of benzene rings is 4.